The highest BCUT2D eigenvalue weighted by Crippen LogP contribution is 2.26. The number of aryl methyl sites for hydroxylation is 1. The first kappa shape index (κ1) is 15.4. The summed E-state index contributed by atoms with van der Waals surface area (Å²) in [4.78, 5) is 0. The van der Waals surface area contributed by atoms with E-state index in [1.807, 2.05) is 0 Å². The van der Waals surface area contributed by atoms with Crippen LogP contribution in [0.1, 0.15) is 22.7 Å². The van der Waals surface area contributed by atoms with E-state index in [2.05, 4.69) is 10.1 Å². The van der Waals surface area contributed by atoms with Crippen LogP contribution in [0.2, 0.25) is 0 Å². The predicted molar refractivity (Wildman–Crippen MR) is 75.1 cm³/mol. The van der Waals surface area contributed by atoms with Crippen molar-refractivity contribution in [3.05, 3.63) is 65.0 Å². The minimum Gasteiger partial charge on any atom is -0.435 e. The molecule has 2 nitrogen and oxygen atoms in total. The Kier molecular flexibility index (Phi) is 4.85. The van der Waals surface area contributed by atoms with Crippen molar-refractivity contribution in [1.29, 1.82) is 0 Å². The van der Waals surface area contributed by atoms with Gasteiger partial charge in [-0.3, -0.25) is 0 Å². The van der Waals surface area contributed by atoms with Crippen LogP contribution in [0.4, 0.5) is 13.2 Å². The summed E-state index contributed by atoms with van der Waals surface area (Å²) in [6.07, 6.45) is 0. The van der Waals surface area contributed by atoms with E-state index in [9.17, 15) is 13.2 Å². The van der Waals surface area contributed by atoms with Gasteiger partial charge in [-0.25, -0.2) is 4.39 Å². The second kappa shape index (κ2) is 6.63. The second-order valence-corrected chi connectivity index (χ2v) is 4.68. The van der Waals surface area contributed by atoms with Gasteiger partial charge in [0, 0.05) is 0 Å². The molecule has 0 heterocycles. The zero-order valence-corrected chi connectivity index (χ0v) is 11.7. The van der Waals surface area contributed by atoms with Crippen LogP contribution in [0.5, 0.6) is 5.75 Å². The molecule has 0 fully saturated rings. The molecule has 0 aliphatic carbocycles. The Morgan fingerprint density at radius 1 is 1.05 bits per heavy atom. The Labute approximate surface area is 121 Å². The molecule has 0 aromatic heterocycles. The molecular formula is C16H16F3NO. The number of ether oxygens (including phenoxy) is 1. The molecule has 2 rings (SSSR count). The zero-order chi connectivity index (χ0) is 15.4. The van der Waals surface area contributed by atoms with Crippen LogP contribution in [-0.4, -0.2) is 13.7 Å². The van der Waals surface area contributed by atoms with Gasteiger partial charge in [0.1, 0.15) is 11.6 Å². The average Bonchev–Trinajstić information content (AvgIpc) is 2.43. The summed E-state index contributed by atoms with van der Waals surface area (Å²) in [5.41, 5.74) is 2.00. The summed E-state index contributed by atoms with van der Waals surface area (Å²) in [5, 5.41) is 3.05. The fourth-order valence-corrected chi connectivity index (χ4v) is 2.18. The van der Waals surface area contributed by atoms with E-state index < -0.39 is 6.61 Å². The fourth-order valence-electron chi connectivity index (χ4n) is 2.18. The van der Waals surface area contributed by atoms with Crippen molar-refractivity contribution in [2.24, 2.45) is 0 Å². The van der Waals surface area contributed by atoms with E-state index in [1.165, 1.54) is 18.2 Å². The molecule has 0 saturated carbocycles. The monoisotopic (exact) mass is 295 g/mol. The molecule has 0 bridgehead atoms. The molecule has 21 heavy (non-hydrogen) atoms. The lowest BCUT2D eigenvalue weighted by Gasteiger charge is -2.18. The normalized spacial score (nSPS) is 12.5. The van der Waals surface area contributed by atoms with Gasteiger partial charge in [0.25, 0.3) is 0 Å². The molecular weight excluding hydrogens is 279 g/mol. The van der Waals surface area contributed by atoms with Crippen molar-refractivity contribution in [2.75, 3.05) is 7.05 Å². The molecule has 0 saturated heterocycles. The first-order chi connectivity index (χ1) is 10.0. The van der Waals surface area contributed by atoms with Gasteiger partial charge in [-0.1, -0.05) is 24.3 Å². The van der Waals surface area contributed by atoms with Gasteiger partial charge < -0.3 is 10.1 Å². The lowest BCUT2D eigenvalue weighted by Crippen LogP contribution is -2.18. The average molecular weight is 295 g/mol. The van der Waals surface area contributed by atoms with Crippen molar-refractivity contribution >= 4 is 0 Å². The summed E-state index contributed by atoms with van der Waals surface area (Å²) in [5.74, 6) is -0.219. The van der Waals surface area contributed by atoms with Gasteiger partial charge >= 0.3 is 6.61 Å². The summed E-state index contributed by atoms with van der Waals surface area (Å²) in [7, 11) is 1.73. The fraction of sp³-hybridized carbons (Fsp3) is 0.250. The van der Waals surface area contributed by atoms with Gasteiger partial charge in [-0.05, 0) is 48.9 Å². The Bertz CT molecular complexity index is 616. The molecule has 1 atom stereocenters. The first-order valence-electron chi connectivity index (χ1n) is 6.49. The molecule has 1 unspecified atom stereocenters. The molecule has 0 spiro atoms. The highest BCUT2D eigenvalue weighted by molar-refractivity contribution is 5.37. The van der Waals surface area contributed by atoms with Gasteiger partial charge in [0.2, 0.25) is 0 Å². The quantitative estimate of drug-likeness (QED) is 0.898. The molecule has 112 valence electrons. The number of alkyl halides is 2. The smallest absolute Gasteiger partial charge is 0.387 e. The Morgan fingerprint density at radius 3 is 2.38 bits per heavy atom. The van der Waals surface area contributed by atoms with Crippen LogP contribution in [0, 0.1) is 12.7 Å². The maximum atomic E-state index is 13.7. The second-order valence-electron chi connectivity index (χ2n) is 4.68. The largest absolute Gasteiger partial charge is 0.435 e. The highest BCUT2D eigenvalue weighted by atomic mass is 19.3. The number of nitrogens with one attached hydrogen (secondary N) is 1. The maximum absolute atomic E-state index is 13.7. The first-order valence-corrected chi connectivity index (χ1v) is 6.49. The van der Waals surface area contributed by atoms with Crippen LogP contribution >= 0.6 is 0 Å². The molecule has 2 aromatic rings. The third kappa shape index (κ3) is 3.76. The molecule has 0 amide bonds. The van der Waals surface area contributed by atoms with E-state index in [1.54, 1.807) is 38.2 Å². The molecule has 1 N–H and O–H groups in total. The summed E-state index contributed by atoms with van der Waals surface area (Å²) >= 11 is 0. The van der Waals surface area contributed by atoms with Gasteiger partial charge in [0.05, 0.1) is 6.04 Å². The zero-order valence-electron chi connectivity index (χ0n) is 11.7. The van der Waals surface area contributed by atoms with Crippen molar-refractivity contribution in [3.63, 3.8) is 0 Å². The summed E-state index contributed by atoms with van der Waals surface area (Å²) in [6.45, 7) is -1.19. The molecule has 0 aliphatic heterocycles. The van der Waals surface area contributed by atoms with Gasteiger partial charge in [-0.15, -0.1) is 0 Å². The van der Waals surface area contributed by atoms with Crippen LogP contribution in [-0.2, 0) is 0 Å². The standard InChI is InChI=1S/C16H16F3NO/c1-10-6-7-12(9-14(10)17)15(20-2)11-4-3-5-13(8-11)21-16(18)19/h3-9,15-16,20H,1-2H3. The number of halogens is 3. The number of rotatable bonds is 5. The minimum atomic E-state index is -2.87. The highest BCUT2D eigenvalue weighted by Gasteiger charge is 2.15. The molecule has 0 aliphatic rings. The van der Waals surface area contributed by atoms with Crippen LogP contribution in [0.3, 0.4) is 0 Å². The van der Waals surface area contributed by atoms with Crippen molar-refractivity contribution in [1.82, 2.24) is 5.32 Å². The third-order valence-electron chi connectivity index (χ3n) is 3.23. The van der Waals surface area contributed by atoms with E-state index in [0.717, 1.165) is 11.1 Å². The van der Waals surface area contributed by atoms with Crippen LogP contribution in [0.15, 0.2) is 42.5 Å². The molecule has 0 radical (unpaired) electrons. The van der Waals surface area contributed by atoms with Crippen molar-refractivity contribution in [2.45, 2.75) is 19.6 Å². The van der Waals surface area contributed by atoms with E-state index in [-0.39, 0.29) is 17.6 Å². The summed E-state index contributed by atoms with van der Waals surface area (Å²) in [6, 6.07) is 11.0. The summed E-state index contributed by atoms with van der Waals surface area (Å²) < 4.78 is 42.6. The van der Waals surface area contributed by atoms with Crippen molar-refractivity contribution in [3.8, 4) is 5.75 Å². The SMILES string of the molecule is CNC(c1cccc(OC(F)F)c1)c1ccc(C)c(F)c1. The maximum Gasteiger partial charge on any atom is 0.387 e. The van der Waals surface area contributed by atoms with Gasteiger partial charge in [-0.2, -0.15) is 8.78 Å². The Balaban J connectivity index is 2.34. The minimum absolute atomic E-state index is 0.0790. The van der Waals surface area contributed by atoms with Gasteiger partial charge in [0.15, 0.2) is 0 Å². The lowest BCUT2D eigenvalue weighted by atomic mass is 9.97. The molecule has 5 heteroatoms. The van der Waals surface area contributed by atoms with E-state index in [0.29, 0.717) is 5.56 Å². The Hall–Kier alpha value is -2.01. The number of hydrogen-bond donors (Lipinski definition) is 1. The lowest BCUT2D eigenvalue weighted by molar-refractivity contribution is -0.0498. The number of benzene rings is 2. The topological polar surface area (TPSA) is 21.3 Å². The van der Waals surface area contributed by atoms with E-state index >= 15 is 0 Å². The Morgan fingerprint density at radius 2 is 1.76 bits per heavy atom. The third-order valence-corrected chi connectivity index (χ3v) is 3.23. The number of hydrogen-bond acceptors (Lipinski definition) is 2. The van der Waals surface area contributed by atoms with E-state index in [4.69, 9.17) is 0 Å². The van der Waals surface area contributed by atoms with Crippen molar-refractivity contribution < 1.29 is 17.9 Å². The molecule has 2 aromatic carbocycles. The predicted octanol–water partition coefficient (Wildman–Crippen LogP) is 4.04. The van der Waals surface area contributed by atoms with Crippen LogP contribution in [0.25, 0.3) is 0 Å². The van der Waals surface area contributed by atoms with Crippen LogP contribution < -0.4 is 10.1 Å².